The van der Waals surface area contributed by atoms with Crippen molar-refractivity contribution in [1.82, 2.24) is 25.1 Å². The lowest BCUT2D eigenvalue weighted by molar-refractivity contribution is -0.117. The number of amides is 2. The smallest absolute Gasteiger partial charge is 0.255 e. The molecule has 0 radical (unpaired) electrons. The molecule has 1 saturated heterocycles. The Morgan fingerprint density at radius 2 is 2.12 bits per heavy atom. The second kappa shape index (κ2) is 5.36. The van der Waals surface area contributed by atoms with Gasteiger partial charge in [0.1, 0.15) is 5.82 Å². The zero-order chi connectivity index (χ0) is 16.8. The topological polar surface area (TPSA) is 84.2 Å². The largest absolute Gasteiger partial charge is 0.326 e. The normalized spacial score (nSPS) is 17.1. The van der Waals surface area contributed by atoms with Crippen molar-refractivity contribution >= 4 is 17.5 Å². The first-order chi connectivity index (χ1) is 11.5. The second-order valence-corrected chi connectivity index (χ2v) is 5.96. The van der Waals surface area contributed by atoms with Gasteiger partial charge >= 0.3 is 0 Å². The van der Waals surface area contributed by atoms with E-state index in [4.69, 9.17) is 0 Å². The van der Waals surface area contributed by atoms with Crippen LogP contribution in [0.2, 0.25) is 0 Å². The highest BCUT2D eigenvalue weighted by molar-refractivity contribution is 6.01. The number of aromatic nitrogens is 4. The highest BCUT2D eigenvalue weighted by atomic mass is 19.1. The molecule has 8 nitrogen and oxygen atoms in total. The summed E-state index contributed by atoms with van der Waals surface area (Å²) in [5.74, 6) is -0.399. The van der Waals surface area contributed by atoms with Crippen LogP contribution in [-0.2, 0) is 24.9 Å². The first-order valence-electron chi connectivity index (χ1n) is 7.68. The van der Waals surface area contributed by atoms with E-state index in [2.05, 4.69) is 15.4 Å². The van der Waals surface area contributed by atoms with Crippen molar-refractivity contribution in [3.8, 4) is 0 Å². The van der Waals surface area contributed by atoms with Crippen molar-refractivity contribution in [3.63, 3.8) is 0 Å². The summed E-state index contributed by atoms with van der Waals surface area (Å²) in [4.78, 5) is 28.7. The van der Waals surface area contributed by atoms with Crippen molar-refractivity contribution in [1.29, 1.82) is 0 Å². The summed E-state index contributed by atoms with van der Waals surface area (Å²) >= 11 is 0. The molecular formula is C15H15FN6O2. The van der Waals surface area contributed by atoms with Crippen LogP contribution in [0.3, 0.4) is 0 Å². The maximum atomic E-state index is 14.5. The number of hydrogen-bond donors (Lipinski definition) is 0. The van der Waals surface area contributed by atoms with Crippen molar-refractivity contribution in [2.75, 3.05) is 11.4 Å². The molecule has 2 aliphatic heterocycles. The third-order valence-corrected chi connectivity index (χ3v) is 4.31. The maximum Gasteiger partial charge on any atom is 0.255 e. The van der Waals surface area contributed by atoms with Gasteiger partial charge in [0.25, 0.3) is 5.91 Å². The average Bonchev–Trinajstić information content (AvgIpc) is 3.22. The van der Waals surface area contributed by atoms with Gasteiger partial charge in [-0.15, -0.1) is 10.2 Å². The van der Waals surface area contributed by atoms with Gasteiger partial charge in [0.05, 0.1) is 20.1 Å². The third-order valence-electron chi connectivity index (χ3n) is 4.31. The van der Waals surface area contributed by atoms with Gasteiger partial charge < -0.3 is 9.80 Å². The van der Waals surface area contributed by atoms with Crippen LogP contribution in [0.5, 0.6) is 0 Å². The van der Waals surface area contributed by atoms with Crippen molar-refractivity contribution in [2.45, 2.75) is 25.9 Å². The number of fused-ring (bicyclic) bond motifs is 1. The second-order valence-electron chi connectivity index (χ2n) is 5.96. The summed E-state index contributed by atoms with van der Waals surface area (Å²) in [6.07, 6.45) is 1.20. The number of carbonyl (C=O) groups is 2. The molecule has 0 aliphatic carbocycles. The van der Waals surface area contributed by atoms with Crippen LogP contribution in [0.15, 0.2) is 12.1 Å². The summed E-state index contributed by atoms with van der Waals surface area (Å²) in [7, 11) is 1.63. The molecule has 4 rings (SSSR count). The van der Waals surface area contributed by atoms with Crippen molar-refractivity contribution < 1.29 is 14.0 Å². The fraction of sp³-hybridized carbons (Fsp3) is 0.400. The van der Waals surface area contributed by atoms with E-state index in [-0.39, 0.29) is 24.9 Å². The molecule has 2 aliphatic rings. The SMILES string of the molecule is Cn1nnc(CN2Cc3c(F)cc(N4CCCC4=O)cc3C2=O)n1. The minimum absolute atomic E-state index is 0.0413. The quantitative estimate of drug-likeness (QED) is 0.824. The van der Waals surface area contributed by atoms with Gasteiger partial charge in [-0.25, -0.2) is 4.39 Å². The van der Waals surface area contributed by atoms with Gasteiger partial charge in [-0.3, -0.25) is 9.59 Å². The van der Waals surface area contributed by atoms with Crippen molar-refractivity contribution in [3.05, 3.63) is 34.9 Å². The molecule has 2 aromatic rings. The Morgan fingerprint density at radius 3 is 2.79 bits per heavy atom. The first-order valence-corrected chi connectivity index (χ1v) is 7.68. The lowest BCUT2D eigenvalue weighted by atomic mass is 10.1. The number of rotatable bonds is 3. The molecule has 124 valence electrons. The van der Waals surface area contributed by atoms with E-state index in [0.717, 1.165) is 6.42 Å². The molecule has 3 heterocycles. The summed E-state index contributed by atoms with van der Waals surface area (Å²) in [6.45, 7) is 0.879. The number of carbonyl (C=O) groups excluding carboxylic acids is 2. The molecule has 0 N–H and O–H groups in total. The summed E-state index contributed by atoms with van der Waals surface area (Å²) in [5, 5.41) is 11.6. The fourth-order valence-corrected chi connectivity index (χ4v) is 3.17. The van der Waals surface area contributed by atoms with E-state index in [0.29, 0.717) is 35.6 Å². The minimum atomic E-state index is -0.467. The summed E-state index contributed by atoms with van der Waals surface area (Å²) in [6, 6.07) is 2.94. The highest BCUT2D eigenvalue weighted by Gasteiger charge is 2.33. The number of benzene rings is 1. The lowest BCUT2D eigenvalue weighted by Gasteiger charge is -2.16. The van der Waals surface area contributed by atoms with Crippen LogP contribution in [0, 0.1) is 5.82 Å². The fourth-order valence-electron chi connectivity index (χ4n) is 3.17. The van der Waals surface area contributed by atoms with E-state index < -0.39 is 5.82 Å². The number of tetrazole rings is 1. The van der Waals surface area contributed by atoms with Gasteiger partial charge in [-0.2, -0.15) is 4.80 Å². The lowest BCUT2D eigenvalue weighted by Crippen LogP contribution is -2.25. The van der Waals surface area contributed by atoms with Crippen LogP contribution in [-0.4, -0.2) is 43.5 Å². The maximum absolute atomic E-state index is 14.5. The van der Waals surface area contributed by atoms with Gasteiger partial charge in [0.2, 0.25) is 5.91 Å². The van der Waals surface area contributed by atoms with Gasteiger partial charge in [-0.1, -0.05) is 0 Å². The number of aryl methyl sites for hydroxylation is 1. The number of hydrogen-bond acceptors (Lipinski definition) is 5. The van der Waals surface area contributed by atoms with Crippen molar-refractivity contribution in [2.24, 2.45) is 7.05 Å². The minimum Gasteiger partial charge on any atom is -0.326 e. The highest BCUT2D eigenvalue weighted by Crippen LogP contribution is 2.32. The third kappa shape index (κ3) is 2.32. The molecule has 0 saturated carbocycles. The Labute approximate surface area is 136 Å². The van der Waals surface area contributed by atoms with E-state index >= 15 is 0 Å². The Morgan fingerprint density at radius 1 is 1.29 bits per heavy atom. The Kier molecular flexibility index (Phi) is 3.29. The number of halogens is 1. The zero-order valence-electron chi connectivity index (χ0n) is 13.1. The first kappa shape index (κ1) is 14.7. The molecule has 0 unspecified atom stereocenters. The van der Waals surface area contributed by atoms with Gasteiger partial charge in [-0.05, 0) is 23.8 Å². The van der Waals surface area contributed by atoms with E-state index in [1.54, 1.807) is 13.1 Å². The molecule has 0 atom stereocenters. The van der Waals surface area contributed by atoms with Gasteiger partial charge in [0, 0.05) is 29.8 Å². The standard InChI is InChI=1S/C15H15FN6O2/c1-20-18-13(17-19-20)8-21-7-11-10(15(21)24)5-9(6-12(11)16)22-4-2-3-14(22)23/h5-6H,2-4,7-8H2,1H3. The Bertz CT molecular complexity index is 848. The molecule has 2 amide bonds. The molecule has 0 spiro atoms. The summed E-state index contributed by atoms with van der Waals surface area (Å²) < 4.78 is 14.5. The molecule has 24 heavy (non-hydrogen) atoms. The Hall–Kier alpha value is -2.84. The molecular weight excluding hydrogens is 315 g/mol. The number of anilines is 1. The van der Waals surface area contributed by atoms with E-state index in [1.807, 2.05) is 0 Å². The molecule has 1 fully saturated rings. The molecule has 0 bridgehead atoms. The van der Waals surface area contributed by atoms with Gasteiger partial charge in [0.15, 0.2) is 5.82 Å². The van der Waals surface area contributed by atoms with Crippen LogP contribution in [0.4, 0.5) is 10.1 Å². The molecule has 1 aromatic heterocycles. The van der Waals surface area contributed by atoms with Crippen LogP contribution < -0.4 is 4.90 Å². The predicted molar refractivity (Wildman–Crippen MR) is 80.4 cm³/mol. The summed E-state index contributed by atoms with van der Waals surface area (Å²) in [5.41, 5.74) is 1.09. The monoisotopic (exact) mass is 330 g/mol. The van der Waals surface area contributed by atoms with E-state index in [1.165, 1.54) is 20.7 Å². The predicted octanol–water partition coefficient (Wildman–Crippen LogP) is 0.632. The van der Waals surface area contributed by atoms with Crippen LogP contribution in [0.1, 0.15) is 34.6 Å². The van der Waals surface area contributed by atoms with Crippen LogP contribution >= 0.6 is 0 Å². The number of nitrogens with zero attached hydrogens (tertiary/aromatic N) is 6. The average molecular weight is 330 g/mol. The zero-order valence-corrected chi connectivity index (χ0v) is 13.1. The Balaban J connectivity index is 1.63. The molecule has 9 heteroatoms. The van der Waals surface area contributed by atoms with E-state index in [9.17, 15) is 14.0 Å². The van der Waals surface area contributed by atoms with Crippen LogP contribution in [0.25, 0.3) is 0 Å². The molecule has 1 aromatic carbocycles.